The van der Waals surface area contributed by atoms with Crippen molar-refractivity contribution in [3.63, 3.8) is 0 Å². The number of carbonyl (C=O) groups is 11. The number of nitrogens with zero attached hydrogens (tertiary/aromatic N) is 4. The molecule has 3 aromatic carbocycles. The van der Waals surface area contributed by atoms with Crippen LogP contribution in [0.5, 0.6) is 17.2 Å². The number of hydrogen-bond donors (Lipinski definition) is 10. The van der Waals surface area contributed by atoms with E-state index >= 15 is 0 Å². The molecule has 0 spiro atoms. The molecule has 0 radical (unpaired) electrons. The number of rotatable bonds is 23. The summed E-state index contributed by atoms with van der Waals surface area (Å²) in [6.07, 6.45) is 21.5. The number of methoxy groups -OCH3 is 4. The predicted octanol–water partition coefficient (Wildman–Crippen LogP) is 7.98. The van der Waals surface area contributed by atoms with E-state index in [1.54, 1.807) is 54.2 Å². The molecule has 12 atom stereocenters. The molecule has 9 fully saturated rings. The van der Waals surface area contributed by atoms with Gasteiger partial charge in [-0.3, -0.25) is 47.9 Å². The molecule has 114 heavy (non-hydrogen) atoms. The Morgan fingerprint density at radius 1 is 0.447 bits per heavy atom. The van der Waals surface area contributed by atoms with Crippen molar-refractivity contribution in [1.82, 2.24) is 61.6 Å². The lowest BCUT2D eigenvalue weighted by Crippen LogP contribution is -2.53. The third kappa shape index (κ3) is 18.4. The smallest absolute Gasteiger partial charge is 0.328 e. The number of carbonyl (C=O) groups excluding carboxylic acids is 11. The van der Waals surface area contributed by atoms with Crippen LogP contribution in [0.4, 0.5) is 0 Å². The number of H-pyrrole nitrogens is 3. The van der Waals surface area contributed by atoms with Gasteiger partial charge < -0.3 is 86.2 Å². The zero-order valence-electron chi connectivity index (χ0n) is 65.8. The number of aromatic amines is 3. The maximum Gasteiger partial charge on any atom is 0.328 e. The van der Waals surface area contributed by atoms with Gasteiger partial charge in [0.05, 0.1) is 34.5 Å². The highest BCUT2D eigenvalue weighted by Crippen LogP contribution is 2.43. The highest BCUT2D eigenvalue weighted by Gasteiger charge is 2.48. The third-order valence-corrected chi connectivity index (χ3v) is 25.8. The fourth-order valence-corrected chi connectivity index (χ4v) is 19.6. The summed E-state index contributed by atoms with van der Waals surface area (Å²) < 4.78 is 21.3. The first-order valence-electron chi connectivity index (χ1n) is 41.1. The van der Waals surface area contributed by atoms with Gasteiger partial charge in [0.1, 0.15) is 70.6 Å². The molecule has 610 valence electrons. The lowest BCUT2D eigenvalue weighted by Gasteiger charge is -2.27. The summed E-state index contributed by atoms with van der Waals surface area (Å²) in [6, 6.07) is 19.4. The third-order valence-electron chi connectivity index (χ3n) is 25.8. The summed E-state index contributed by atoms with van der Waals surface area (Å²) in [4.78, 5) is 158. The zero-order chi connectivity index (χ0) is 80.3. The minimum Gasteiger partial charge on any atom is -0.496 e. The van der Waals surface area contributed by atoms with Gasteiger partial charge >= 0.3 is 5.97 Å². The molecule has 6 aromatic rings. The van der Waals surface area contributed by atoms with Crippen molar-refractivity contribution in [2.45, 2.75) is 190 Å². The fraction of sp³-hybridized carbons (Fsp3) is 0.576. The number of nitrogens with two attached hydrogens (primary N) is 1. The minimum atomic E-state index is -0.973. The molecule has 3 aliphatic carbocycles. The molecule has 11 N–H and O–H groups in total. The molecular weight excluding hydrogens is 1460 g/mol. The van der Waals surface area contributed by atoms with Crippen LogP contribution in [0.3, 0.4) is 0 Å². The number of likely N-dealkylation sites (tertiary alicyclic amines) is 3. The fourth-order valence-electron chi connectivity index (χ4n) is 19.6. The maximum absolute atomic E-state index is 13.9. The molecule has 9 aliphatic rings. The van der Waals surface area contributed by atoms with E-state index in [4.69, 9.17) is 24.7 Å². The van der Waals surface area contributed by atoms with E-state index in [1.807, 2.05) is 54.6 Å². The van der Waals surface area contributed by atoms with Gasteiger partial charge in [-0.1, -0.05) is 115 Å². The number of fused-ring (bicyclic) bond motifs is 3. The van der Waals surface area contributed by atoms with Gasteiger partial charge in [-0.25, -0.2) is 4.79 Å². The molecule has 15 rings (SSSR count). The van der Waals surface area contributed by atoms with Gasteiger partial charge in [-0.05, 0) is 148 Å². The van der Waals surface area contributed by atoms with Crippen molar-refractivity contribution in [3.05, 3.63) is 89.9 Å². The summed E-state index contributed by atoms with van der Waals surface area (Å²) in [7, 11) is 6.04. The van der Waals surface area contributed by atoms with E-state index in [2.05, 4.69) is 52.9 Å². The Morgan fingerprint density at radius 2 is 0.772 bits per heavy atom. The molecule has 0 unspecified atom stereocenters. The van der Waals surface area contributed by atoms with Gasteiger partial charge in [0.25, 0.3) is 17.7 Å². The van der Waals surface area contributed by atoms with Gasteiger partial charge in [0, 0.05) is 89.7 Å². The molecule has 6 aliphatic heterocycles. The second kappa shape index (κ2) is 37.1. The van der Waals surface area contributed by atoms with Crippen LogP contribution < -0.4 is 51.8 Å². The van der Waals surface area contributed by atoms with Gasteiger partial charge in [-0.2, -0.15) is 5.26 Å². The zero-order valence-corrected chi connectivity index (χ0v) is 65.8. The highest BCUT2D eigenvalue weighted by atomic mass is 16.5. The van der Waals surface area contributed by atoms with Gasteiger partial charge in [0.2, 0.25) is 41.4 Å². The first kappa shape index (κ1) is 81.4. The Bertz CT molecular complexity index is 4560. The van der Waals surface area contributed by atoms with Crippen LogP contribution in [0.1, 0.15) is 186 Å². The molecule has 10 amide bonds. The average Bonchev–Trinajstić information content (AvgIpc) is 1.64. The minimum absolute atomic E-state index is 0.0706. The first-order chi connectivity index (χ1) is 55.2. The molecule has 0 bridgehead atoms. The lowest BCUT2D eigenvalue weighted by molar-refractivity contribution is -0.146. The summed E-state index contributed by atoms with van der Waals surface area (Å²) in [5.74, 6) is -0.336. The molecule has 3 aromatic heterocycles. The van der Waals surface area contributed by atoms with Crippen molar-refractivity contribution >= 4 is 97.7 Å². The molecular formula is C85H110N14O15. The Kier molecular flexibility index (Phi) is 26.5. The van der Waals surface area contributed by atoms with E-state index < -0.39 is 54.0 Å². The number of nitriles is 1. The van der Waals surface area contributed by atoms with Crippen molar-refractivity contribution in [3.8, 4) is 23.3 Å². The summed E-state index contributed by atoms with van der Waals surface area (Å²) in [5.41, 5.74) is 9.18. The SMILES string of the molecule is COC(=O)[C@H](C[C@@H]1CCNC1=O)NC(=O)[C@@H]1C[C@@H](C2CCCCC2)CN1C(=O)c1cc2c(OC)cccc2[nH]1.COc1cccc2[nH]c(C(=O)N3C[C@H](C4CCCCC4)C[C@H]3C(=O)N[C@@H](C[C@@H]3CCNC3=O)C(N)=O)cc12.COc1cccc2[nH]c(C(=O)N3C[C@H](C4CCCCC4)C[C@H]3C(=O)N[C@H](C#N)C[C@@H]3CCNC3=O)cc12. The van der Waals surface area contributed by atoms with E-state index in [0.717, 1.165) is 71.2 Å². The molecule has 3 saturated carbocycles. The van der Waals surface area contributed by atoms with Crippen LogP contribution in [0.2, 0.25) is 0 Å². The van der Waals surface area contributed by atoms with Crippen LogP contribution in [-0.2, 0) is 43.1 Å². The van der Waals surface area contributed by atoms with Crippen LogP contribution in [0, 0.1) is 64.6 Å². The lowest BCUT2D eigenvalue weighted by atomic mass is 9.79. The number of benzene rings is 3. The number of esters is 1. The number of nitrogens with one attached hydrogen (secondary N) is 9. The maximum atomic E-state index is 13.9. The largest absolute Gasteiger partial charge is 0.496 e. The molecule has 29 nitrogen and oxygen atoms in total. The molecule has 6 saturated heterocycles. The number of amides is 10. The Hall–Kier alpha value is -10.7. The van der Waals surface area contributed by atoms with E-state index in [-0.39, 0.29) is 102 Å². The number of hydrogen-bond acceptors (Lipinski definition) is 16. The number of ether oxygens (including phenoxy) is 4. The quantitative estimate of drug-likeness (QED) is 0.0272. The molecule has 29 heteroatoms. The standard InChI is InChI=1S/C29H38N4O6.C28H37N5O5.C28H35N5O4/c1-38-25-10-6-9-21-20(25)15-22(31-21)28(36)33-16-19(17-7-4-3-5-8-17)14-24(33)27(35)32-23(29(37)39-2)13-18-11-12-30-26(18)34;1-38-24-9-5-8-20-19(24)14-22(31-20)28(37)33-15-18(16-6-3-2-4-7-16)13-23(33)27(36)32-21(25(29)34)12-17-10-11-30-26(17)35;1-37-25-9-5-8-22-21(25)14-23(32-22)28(36)33-16-19(17-6-3-2-4-7-17)13-24(33)27(35)31-20(15-29)12-18-10-11-30-26(18)34/h6,9-10,15,17-19,23-24,31H,3-5,7-8,11-14,16H2,1-2H3,(H,30,34)(H,32,35);5,8-9,14,16-18,21,23,31H,2-4,6-7,10-13,15H2,1H3,(H2,29,34)(H,30,35)(H,32,36);5,8-9,14,17-20,24,32H,2-4,6-7,10-13,16H2,1H3,(H,30,34)(H,31,35)/t18-,19+,23-,24-;17-,18+,21-,23-;18-,19+,20-,24-/m000/s1. The first-order valence-corrected chi connectivity index (χ1v) is 41.1. The highest BCUT2D eigenvalue weighted by molar-refractivity contribution is 6.05. The van der Waals surface area contributed by atoms with E-state index in [1.165, 1.54) is 64.9 Å². The van der Waals surface area contributed by atoms with Crippen LogP contribution in [0.15, 0.2) is 72.8 Å². The summed E-state index contributed by atoms with van der Waals surface area (Å²) in [6.45, 7) is 3.19. The van der Waals surface area contributed by atoms with Gasteiger partial charge in [0.15, 0.2) is 0 Å². The molecule has 9 heterocycles. The predicted molar refractivity (Wildman–Crippen MR) is 423 cm³/mol. The van der Waals surface area contributed by atoms with Crippen LogP contribution in [0.25, 0.3) is 32.7 Å². The summed E-state index contributed by atoms with van der Waals surface area (Å²) >= 11 is 0. The number of aromatic nitrogens is 3. The monoisotopic (exact) mass is 1570 g/mol. The van der Waals surface area contributed by atoms with Crippen molar-refractivity contribution in [2.24, 2.45) is 59.0 Å². The summed E-state index contributed by atoms with van der Waals surface area (Å²) in [5, 5.41) is 28.9. The Morgan fingerprint density at radius 3 is 1.08 bits per heavy atom. The van der Waals surface area contributed by atoms with Crippen molar-refractivity contribution < 1.29 is 71.7 Å². The number of primary amides is 1. The van der Waals surface area contributed by atoms with Crippen LogP contribution >= 0.6 is 0 Å². The average molecular weight is 1570 g/mol. The van der Waals surface area contributed by atoms with Gasteiger partial charge in [-0.15, -0.1) is 0 Å². The second-order valence-electron chi connectivity index (χ2n) is 32.7. The van der Waals surface area contributed by atoms with E-state index in [9.17, 15) is 58.0 Å². The topological polar surface area (TPSA) is 404 Å². The second-order valence-corrected chi connectivity index (χ2v) is 32.7. The van der Waals surface area contributed by atoms with Crippen LogP contribution in [-0.4, -0.2) is 199 Å². The van der Waals surface area contributed by atoms with E-state index in [0.29, 0.717) is 130 Å². The Labute approximate surface area is 663 Å². The van der Waals surface area contributed by atoms with Crippen molar-refractivity contribution in [2.75, 3.05) is 67.7 Å². The van der Waals surface area contributed by atoms with Crippen molar-refractivity contribution in [1.29, 1.82) is 5.26 Å². The normalized spacial score (nSPS) is 24.7. The Balaban J connectivity index is 0.000000149.